The molecular weight excluding hydrogens is 406 g/mol. The molecular formula is C20H23N5O4S. The van der Waals surface area contributed by atoms with E-state index < -0.39 is 0 Å². The number of methoxy groups -OCH3 is 1. The number of carbonyl (C=O) groups is 2. The van der Waals surface area contributed by atoms with E-state index in [0.29, 0.717) is 47.4 Å². The van der Waals surface area contributed by atoms with Crippen molar-refractivity contribution in [2.24, 2.45) is 0 Å². The minimum atomic E-state index is -0.376. The van der Waals surface area contributed by atoms with Gasteiger partial charge in [0.2, 0.25) is 0 Å². The first-order valence-electron chi connectivity index (χ1n) is 9.48. The molecule has 1 N–H and O–H groups in total. The topological polar surface area (TPSA) is 108 Å². The van der Waals surface area contributed by atoms with Gasteiger partial charge in [-0.2, -0.15) is 9.61 Å². The van der Waals surface area contributed by atoms with E-state index in [9.17, 15) is 9.59 Å². The van der Waals surface area contributed by atoms with Gasteiger partial charge in [-0.25, -0.2) is 0 Å². The van der Waals surface area contributed by atoms with Gasteiger partial charge in [0.25, 0.3) is 5.91 Å². The second-order valence-electron chi connectivity index (χ2n) is 6.30. The van der Waals surface area contributed by atoms with Crippen molar-refractivity contribution in [3.8, 4) is 5.75 Å². The lowest BCUT2D eigenvalue weighted by molar-refractivity contribution is -0.142. The number of ether oxygens (including phenoxy) is 2. The normalized spacial score (nSPS) is 11.8. The number of nitrogens with zero attached hydrogens (tertiary/aromatic N) is 4. The number of fused-ring (bicyclic) bond motifs is 1. The zero-order valence-electron chi connectivity index (χ0n) is 17.0. The Morgan fingerprint density at radius 3 is 2.63 bits per heavy atom. The van der Waals surface area contributed by atoms with Crippen LogP contribution in [0.3, 0.4) is 0 Å². The lowest BCUT2D eigenvalue weighted by atomic mass is 10.2. The molecule has 1 atom stereocenters. The Bertz CT molecular complexity index is 1020. The molecule has 9 nitrogen and oxygen atoms in total. The molecule has 0 spiro atoms. The third-order valence-corrected chi connectivity index (χ3v) is 5.21. The van der Waals surface area contributed by atoms with E-state index in [1.807, 2.05) is 0 Å². The Kier molecular flexibility index (Phi) is 7.23. The van der Waals surface area contributed by atoms with E-state index in [2.05, 4.69) is 20.6 Å². The highest BCUT2D eigenvalue weighted by Gasteiger charge is 2.17. The highest BCUT2D eigenvalue weighted by Crippen LogP contribution is 2.22. The van der Waals surface area contributed by atoms with Crippen LogP contribution in [0.2, 0.25) is 0 Å². The summed E-state index contributed by atoms with van der Waals surface area (Å²) in [5.41, 5.74) is 1.14. The van der Waals surface area contributed by atoms with Crippen molar-refractivity contribution >= 4 is 29.3 Å². The first-order chi connectivity index (χ1) is 14.5. The summed E-state index contributed by atoms with van der Waals surface area (Å²) in [6.45, 7) is 4.27. The van der Waals surface area contributed by atoms with E-state index in [1.165, 1.54) is 11.8 Å². The standard InChI is InChI=1S/C20H23N5O4S/c1-4-29-20(27)13(2)30-18-10-9-16-22-23-17(25(16)24-18)11-12-21-19(26)14-5-7-15(28-3)8-6-14/h5-10,13H,4,11-12H2,1-3H3,(H,21,26)/t13-/m0/s1. The molecule has 3 rings (SSSR count). The Balaban J connectivity index is 1.61. The van der Waals surface area contributed by atoms with E-state index >= 15 is 0 Å². The van der Waals surface area contributed by atoms with Gasteiger partial charge in [-0.05, 0) is 50.2 Å². The maximum absolute atomic E-state index is 12.3. The number of thioether (sulfide) groups is 1. The summed E-state index contributed by atoms with van der Waals surface area (Å²) in [5.74, 6) is 0.846. The Morgan fingerprint density at radius 1 is 1.17 bits per heavy atom. The van der Waals surface area contributed by atoms with Gasteiger partial charge in [-0.15, -0.1) is 10.2 Å². The van der Waals surface area contributed by atoms with Gasteiger partial charge < -0.3 is 14.8 Å². The second-order valence-corrected chi connectivity index (χ2v) is 7.67. The number of hydrogen-bond donors (Lipinski definition) is 1. The van der Waals surface area contributed by atoms with E-state index in [4.69, 9.17) is 9.47 Å². The Labute approximate surface area is 178 Å². The summed E-state index contributed by atoms with van der Waals surface area (Å²) < 4.78 is 11.8. The number of hydrogen-bond acceptors (Lipinski definition) is 8. The molecule has 3 aromatic rings. The van der Waals surface area contributed by atoms with Gasteiger partial charge in [-0.1, -0.05) is 11.8 Å². The first kappa shape index (κ1) is 21.6. The minimum absolute atomic E-state index is 0.182. The molecule has 30 heavy (non-hydrogen) atoms. The predicted octanol–water partition coefficient (Wildman–Crippen LogP) is 2.15. The van der Waals surface area contributed by atoms with Crippen LogP contribution in [0, 0.1) is 0 Å². The van der Waals surface area contributed by atoms with Crippen molar-refractivity contribution in [2.75, 3.05) is 20.3 Å². The molecule has 0 aliphatic heterocycles. The fraction of sp³-hybridized carbons (Fsp3) is 0.350. The quantitative estimate of drug-likeness (QED) is 0.407. The third kappa shape index (κ3) is 5.26. The van der Waals surface area contributed by atoms with Crippen molar-refractivity contribution in [1.82, 2.24) is 25.1 Å². The van der Waals surface area contributed by atoms with Crippen molar-refractivity contribution in [2.45, 2.75) is 30.5 Å². The summed E-state index contributed by atoms with van der Waals surface area (Å²) in [7, 11) is 1.58. The number of amides is 1. The molecule has 10 heteroatoms. The number of esters is 1. The van der Waals surface area contributed by atoms with Crippen LogP contribution in [0.1, 0.15) is 30.0 Å². The monoisotopic (exact) mass is 429 g/mol. The number of benzene rings is 1. The third-order valence-electron chi connectivity index (χ3n) is 4.21. The number of rotatable bonds is 9. The first-order valence-corrected chi connectivity index (χ1v) is 10.4. The van der Waals surface area contributed by atoms with Crippen LogP contribution in [0.15, 0.2) is 41.4 Å². The van der Waals surface area contributed by atoms with Crippen LogP contribution in [0.4, 0.5) is 0 Å². The average molecular weight is 430 g/mol. The van der Waals surface area contributed by atoms with Crippen LogP contribution in [0.5, 0.6) is 5.75 Å². The second kappa shape index (κ2) is 10.1. The molecule has 0 bridgehead atoms. The van der Waals surface area contributed by atoms with Gasteiger partial charge in [0.05, 0.1) is 13.7 Å². The zero-order valence-corrected chi connectivity index (χ0v) is 17.8. The molecule has 0 saturated carbocycles. The maximum atomic E-state index is 12.3. The molecule has 0 unspecified atom stereocenters. The highest BCUT2D eigenvalue weighted by atomic mass is 32.2. The molecule has 1 amide bonds. The predicted molar refractivity (Wildman–Crippen MR) is 112 cm³/mol. The van der Waals surface area contributed by atoms with Crippen LogP contribution < -0.4 is 10.1 Å². The fourth-order valence-electron chi connectivity index (χ4n) is 2.66. The highest BCUT2D eigenvalue weighted by molar-refractivity contribution is 8.00. The maximum Gasteiger partial charge on any atom is 0.319 e. The van der Waals surface area contributed by atoms with Crippen LogP contribution in [0.25, 0.3) is 5.65 Å². The van der Waals surface area contributed by atoms with Crippen LogP contribution in [-0.2, 0) is 16.0 Å². The molecule has 0 aliphatic rings. The summed E-state index contributed by atoms with van der Waals surface area (Å²) >= 11 is 1.31. The number of aromatic nitrogens is 4. The van der Waals surface area contributed by atoms with Gasteiger partial charge >= 0.3 is 5.97 Å². The average Bonchev–Trinajstić information content (AvgIpc) is 3.16. The number of carbonyl (C=O) groups excluding carboxylic acids is 2. The Hall–Kier alpha value is -3.14. The van der Waals surface area contributed by atoms with Crippen LogP contribution >= 0.6 is 11.8 Å². The fourth-order valence-corrected chi connectivity index (χ4v) is 3.46. The lowest BCUT2D eigenvalue weighted by Gasteiger charge is -2.09. The SMILES string of the molecule is CCOC(=O)[C@H](C)Sc1ccc2nnc(CCNC(=O)c3ccc(OC)cc3)n2n1. The summed E-state index contributed by atoms with van der Waals surface area (Å²) in [6, 6.07) is 10.5. The smallest absolute Gasteiger partial charge is 0.319 e. The van der Waals surface area contributed by atoms with E-state index in [0.717, 1.165) is 0 Å². The van der Waals surface area contributed by atoms with Crippen molar-refractivity contribution in [1.29, 1.82) is 0 Å². The summed E-state index contributed by atoms with van der Waals surface area (Å²) in [5, 5.41) is 15.9. The molecule has 2 heterocycles. The molecule has 158 valence electrons. The van der Waals surface area contributed by atoms with E-state index in [-0.39, 0.29) is 17.1 Å². The molecule has 0 fully saturated rings. The van der Waals surface area contributed by atoms with Crippen molar-refractivity contribution in [3.63, 3.8) is 0 Å². The molecule has 2 aromatic heterocycles. The van der Waals surface area contributed by atoms with Crippen molar-refractivity contribution < 1.29 is 19.1 Å². The summed E-state index contributed by atoms with van der Waals surface area (Å²) in [4.78, 5) is 24.1. The molecule has 0 saturated heterocycles. The minimum Gasteiger partial charge on any atom is -0.497 e. The molecule has 1 aromatic carbocycles. The van der Waals surface area contributed by atoms with Gasteiger partial charge in [0, 0.05) is 18.5 Å². The van der Waals surface area contributed by atoms with E-state index in [1.54, 1.807) is 61.9 Å². The molecule has 0 aliphatic carbocycles. The zero-order chi connectivity index (χ0) is 21.5. The Morgan fingerprint density at radius 2 is 1.93 bits per heavy atom. The molecule has 0 radical (unpaired) electrons. The van der Waals surface area contributed by atoms with Gasteiger partial charge in [0.15, 0.2) is 11.5 Å². The number of nitrogens with one attached hydrogen (secondary N) is 1. The largest absolute Gasteiger partial charge is 0.497 e. The van der Waals surface area contributed by atoms with Crippen LogP contribution in [-0.4, -0.2) is 57.2 Å². The lowest BCUT2D eigenvalue weighted by Crippen LogP contribution is -2.26. The van der Waals surface area contributed by atoms with Crippen molar-refractivity contribution in [3.05, 3.63) is 47.8 Å². The van der Waals surface area contributed by atoms with Gasteiger partial charge in [0.1, 0.15) is 16.0 Å². The summed E-state index contributed by atoms with van der Waals surface area (Å²) in [6.07, 6.45) is 0.456. The van der Waals surface area contributed by atoms with Gasteiger partial charge in [-0.3, -0.25) is 9.59 Å².